The predicted octanol–water partition coefficient (Wildman–Crippen LogP) is 1.83. The average Bonchev–Trinajstić information content (AvgIpc) is 2.36. The molecule has 0 fully saturated rings. The summed E-state index contributed by atoms with van der Waals surface area (Å²) >= 11 is 0. The summed E-state index contributed by atoms with van der Waals surface area (Å²) in [5.74, 6) is -1.15. The summed E-state index contributed by atoms with van der Waals surface area (Å²) < 4.78 is 0. The second kappa shape index (κ2) is 3.31. The molecule has 2 aromatic rings. The van der Waals surface area contributed by atoms with E-state index in [2.05, 4.69) is 9.97 Å². The van der Waals surface area contributed by atoms with Gasteiger partial charge in [0.05, 0.1) is 0 Å². The number of aromatic nitrogens is 2. The Morgan fingerprint density at radius 3 is 2.47 bits per heavy atom. The Bertz CT molecular complexity index is 662. The molecule has 82 valence electrons. The van der Waals surface area contributed by atoms with E-state index >= 15 is 0 Å². The number of carbonyl (C=O) groups excluding carboxylic acids is 2. The molecule has 0 amide bonds. The van der Waals surface area contributed by atoms with E-state index in [9.17, 15) is 9.59 Å². The van der Waals surface area contributed by atoms with Gasteiger partial charge in [-0.2, -0.15) is 0 Å². The summed E-state index contributed by atoms with van der Waals surface area (Å²) in [5.41, 5.74) is 2.53. The lowest BCUT2D eigenvalue weighted by atomic mass is 9.90. The largest absolute Gasteiger partial charge is 0.283 e. The standard InChI is InChI=1S/C13H8N2O2/c1-7-4-5-9-8-3-2-6-14-10(8)12(16)13(17)11(9)15-7/h2-6H,1H3. The number of hydrogen-bond donors (Lipinski definition) is 0. The molecule has 0 atom stereocenters. The Morgan fingerprint density at radius 1 is 0.941 bits per heavy atom. The summed E-state index contributed by atoms with van der Waals surface area (Å²) in [6.45, 7) is 1.79. The highest BCUT2D eigenvalue weighted by Crippen LogP contribution is 2.30. The molecule has 0 bridgehead atoms. The van der Waals surface area contributed by atoms with Crippen LogP contribution in [0.15, 0.2) is 30.5 Å². The van der Waals surface area contributed by atoms with Gasteiger partial charge in [-0.05, 0) is 19.1 Å². The number of fused-ring (bicyclic) bond motifs is 3. The fourth-order valence-electron chi connectivity index (χ4n) is 1.97. The van der Waals surface area contributed by atoms with Gasteiger partial charge in [0, 0.05) is 23.0 Å². The molecule has 2 heterocycles. The average molecular weight is 224 g/mol. The minimum Gasteiger partial charge on any atom is -0.283 e. The van der Waals surface area contributed by atoms with Crippen molar-refractivity contribution in [3.63, 3.8) is 0 Å². The number of rotatable bonds is 0. The first kappa shape index (κ1) is 9.84. The third-order valence-electron chi connectivity index (χ3n) is 2.77. The second-order valence-corrected chi connectivity index (χ2v) is 3.91. The van der Waals surface area contributed by atoms with Crippen LogP contribution in [0, 0.1) is 6.92 Å². The minimum absolute atomic E-state index is 0.218. The molecular formula is C13H8N2O2. The molecule has 0 aliphatic heterocycles. The van der Waals surface area contributed by atoms with E-state index in [4.69, 9.17) is 0 Å². The molecule has 0 spiro atoms. The van der Waals surface area contributed by atoms with Crippen molar-refractivity contribution in [1.82, 2.24) is 9.97 Å². The fourth-order valence-corrected chi connectivity index (χ4v) is 1.97. The molecule has 1 aliphatic rings. The van der Waals surface area contributed by atoms with Crippen LogP contribution < -0.4 is 0 Å². The van der Waals surface area contributed by atoms with Crippen LogP contribution in [0.3, 0.4) is 0 Å². The van der Waals surface area contributed by atoms with Gasteiger partial charge in [-0.3, -0.25) is 14.6 Å². The summed E-state index contributed by atoms with van der Waals surface area (Å²) in [6.07, 6.45) is 1.51. The van der Waals surface area contributed by atoms with E-state index in [1.807, 2.05) is 12.1 Å². The number of pyridine rings is 2. The highest BCUT2D eigenvalue weighted by atomic mass is 16.2. The van der Waals surface area contributed by atoms with Crippen LogP contribution >= 0.6 is 0 Å². The Labute approximate surface area is 97.3 Å². The Kier molecular flexibility index (Phi) is 1.92. The number of carbonyl (C=O) groups is 2. The summed E-state index contributed by atoms with van der Waals surface area (Å²) in [7, 11) is 0. The van der Waals surface area contributed by atoms with E-state index in [1.54, 1.807) is 19.1 Å². The van der Waals surface area contributed by atoms with Gasteiger partial charge in [-0.1, -0.05) is 12.1 Å². The molecule has 0 unspecified atom stereocenters. The van der Waals surface area contributed by atoms with Gasteiger partial charge >= 0.3 is 0 Å². The lowest BCUT2D eigenvalue weighted by molar-refractivity contribution is 0.0809. The Morgan fingerprint density at radius 2 is 1.65 bits per heavy atom. The maximum absolute atomic E-state index is 11.9. The number of aryl methyl sites for hydroxylation is 1. The quantitative estimate of drug-likeness (QED) is 0.640. The zero-order valence-corrected chi connectivity index (χ0v) is 9.10. The molecule has 0 N–H and O–H groups in total. The molecule has 0 aromatic carbocycles. The van der Waals surface area contributed by atoms with Crippen molar-refractivity contribution in [3.05, 3.63) is 47.5 Å². The van der Waals surface area contributed by atoms with Crippen LogP contribution in [0.1, 0.15) is 26.7 Å². The van der Waals surface area contributed by atoms with Crippen molar-refractivity contribution >= 4 is 11.6 Å². The first-order chi connectivity index (χ1) is 8.18. The van der Waals surface area contributed by atoms with Crippen LogP contribution in [-0.2, 0) is 0 Å². The third-order valence-corrected chi connectivity index (χ3v) is 2.77. The van der Waals surface area contributed by atoms with E-state index in [-0.39, 0.29) is 11.4 Å². The van der Waals surface area contributed by atoms with Gasteiger partial charge in [0.15, 0.2) is 0 Å². The Balaban J connectivity index is 2.40. The molecular weight excluding hydrogens is 216 g/mol. The zero-order chi connectivity index (χ0) is 12.0. The normalized spacial score (nSPS) is 13.2. The van der Waals surface area contributed by atoms with E-state index in [0.29, 0.717) is 11.1 Å². The van der Waals surface area contributed by atoms with E-state index < -0.39 is 11.6 Å². The zero-order valence-electron chi connectivity index (χ0n) is 9.10. The molecule has 4 nitrogen and oxygen atoms in total. The SMILES string of the molecule is Cc1ccc2c(n1)C(=O)C(=O)c1ncccc1-2. The van der Waals surface area contributed by atoms with Gasteiger partial charge in [0.25, 0.3) is 11.6 Å². The van der Waals surface area contributed by atoms with Crippen LogP contribution in [0.25, 0.3) is 11.1 Å². The predicted molar refractivity (Wildman–Crippen MR) is 60.9 cm³/mol. The van der Waals surface area contributed by atoms with Crippen LogP contribution in [0.4, 0.5) is 0 Å². The van der Waals surface area contributed by atoms with Crippen molar-refractivity contribution in [2.45, 2.75) is 6.92 Å². The lowest BCUT2D eigenvalue weighted by Crippen LogP contribution is -2.23. The van der Waals surface area contributed by atoms with Crippen molar-refractivity contribution in [1.29, 1.82) is 0 Å². The van der Waals surface area contributed by atoms with Crippen LogP contribution in [0.5, 0.6) is 0 Å². The maximum Gasteiger partial charge on any atom is 0.254 e. The third kappa shape index (κ3) is 1.30. The van der Waals surface area contributed by atoms with Gasteiger partial charge in [-0.15, -0.1) is 0 Å². The highest BCUT2D eigenvalue weighted by Gasteiger charge is 2.32. The topological polar surface area (TPSA) is 59.9 Å². The van der Waals surface area contributed by atoms with Crippen LogP contribution in [0.2, 0.25) is 0 Å². The first-order valence-corrected chi connectivity index (χ1v) is 5.20. The van der Waals surface area contributed by atoms with Crippen LogP contribution in [-0.4, -0.2) is 21.5 Å². The van der Waals surface area contributed by atoms with Gasteiger partial charge in [0.1, 0.15) is 11.4 Å². The lowest BCUT2D eigenvalue weighted by Gasteiger charge is -2.15. The molecule has 1 aliphatic carbocycles. The highest BCUT2D eigenvalue weighted by molar-refractivity contribution is 6.52. The molecule has 0 saturated heterocycles. The first-order valence-electron chi connectivity index (χ1n) is 5.20. The number of ketones is 2. The number of Topliss-reactive ketones (excluding diaryl/α,β-unsaturated/α-hetero) is 2. The smallest absolute Gasteiger partial charge is 0.254 e. The molecule has 4 heteroatoms. The Hall–Kier alpha value is -2.36. The van der Waals surface area contributed by atoms with Crippen molar-refractivity contribution in [3.8, 4) is 11.1 Å². The fraction of sp³-hybridized carbons (Fsp3) is 0.0769. The molecule has 17 heavy (non-hydrogen) atoms. The monoisotopic (exact) mass is 224 g/mol. The van der Waals surface area contributed by atoms with Crippen molar-refractivity contribution in [2.24, 2.45) is 0 Å². The van der Waals surface area contributed by atoms with E-state index in [0.717, 1.165) is 5.69 Å². The van der Waals surface area contributed by atoms with Gasteiger partial charge < -0.3 is 0 Å². The summed E-state index contributed by atoms with van der Waals surface area (Å²) in [6, 6.07) is 7.15. The second-order valence-electron chi connectivity index (χ2n) is 3.91. The number of hydrogen-bond acceptors (Lipinski definition) is 4. The van der Waals surface area contributed by atoms with Crippen molar-refractivity contribution in [2.75, 3.05) is 0 Å². The molecule has 3 rings (SSSR count). The summed E-state index contributed by atoms with van der Waals surface area (Å²) in [5, 5.41) is 0. The summed E-state index contributed by atoms with van der Waals surface area (Å²) in [4.78, 5) is 31.8. The maximum atomic E-state index is 11.9. The van der Waals surface area contributed by atoms with E-state index in [1.165, 1.54) is 6.20 Å². The van der Waals surface area contributed by atoms with Crippen molar-refractivity contribution < 1.29 is 9.59 Å². The molecule has 0 radical (unpaired) electrons. The van der Waals surface area contributed by atoms with Gasteiger partial charge in [0.2, 0.25) is 0 Å². The van der Waals surface area contributed by atoms with Gasteiger partial charge in [-0.25, -0.2) is 4.98 Å². The minimum atomic E-state index is -0.578. The number of nitrogens with zero attached hydrogens (tertiary/aromatic N) is 2. The molecule has 2 aromatic heterocycles. The molecule has 0 saturated carbocycles.